The molecule has 4 rings (SSSR count). The first kappa shape index (κ1) is 28.8. The summed E-state index contributed by atoms with van der Waals surface area (Å²) in [7, 11) is 0. The number of carbonyl (C=O) groups is 2. The number of nitriles is 1. The lowest BCUT2D eigenvalue weighted by molar-refractivity contribution is -0.528. The number of amides is 2. The van der Waals surface area contributed by atoms with Gasteiger partial charge in [-0.25, -0.2) is 9.56 Å². The summed E-state index contributed by atoms with van der Waals surface area (Å²) >= 11 is 1.60. The number of aryl methyl sites for hydroxylation is 1. The zero-order chi connectivity index (χ0) is 28.4. The SMILES string of the molecule is Cc1ncsc1-c1ccc(CNC(=O)C2CCC[N+]2=CC(NC(=O)C2(C#N)CC2)C(C)(C)C)c(OC(C)C)c1. The van der Waals surface area contributed by atoms with E-state index in [4.69, 9.17) is 4.74 Å². The predicted molar refractivity (Wildman–Crippen MR) is 153 cm³/mol. The maximum absolute atomic E-state index is 13.4. The molecule has 1 aromatic carbocycles. The molecule has 2 aromatic rings. The molecule has 2 aliphatic rings. The van der Waals surface area contributed by atoms with Crippen LogP contribution in [0.25, 0.3) is 10.4 Å². The van der Waals surface area contributed by atoms with E-state index in [1.54, 1.807) is 11.3 Å². The van der Waals surface area contributed by atoms with Crippen LogP contribution in [0.3, 0.4) is 0 Å². The topological polar surface area (TPSA) is 107 Å². The fourth-order valence-corrected chi connectivity index (χ4v) is 5.60. The number of ether oxygens (including phenoxy) is 1. The molecule has 1 saturated heterocycles. The first-order valence-corrected chi connectivity index (χ1v) is 14.6. The second kappa shape index (κ2) is 11.5. The smallest absolute Gasteiger partial charge is 0.288 e. The fraction of sp³-hybridized carbons (Fsp3) is 0.567. The Labute approximate surface area is 235 Å². The first-order valence-electron chi connectivity index (χ1n) is 13.7. The molecule has 1 aromatic heterocycles. The van der Waals surface area contributed by atoms with Gasteiger partial charge < -0.3 is 15.4 Å². The highest BCUT2D eigenvalue weighted by Crippen LogP contribution is 2.45. The Bertz CT molecular complexity index is 1300. The largest absolute Gasteiger partial charge is 0.491 e. The summed E-state index contributed by atoms with van der Waals surface area (Å²) in [6, 6.07) is 7.66. The molecule has 0 bridgehead atoms. The zero-order valence-electron chi connectivity index (χ0n) is 23.8. The van der Waals surface area contributed by atoms with Gasteiger partial charge in [-0.15, -0.1) is 11.3 Å². The van der Waals surface area contributed by atoms with Crippen molar-refractivity contribution >= 4 is 29.4 Å². The fourth-order valence-electron chi connectivity index (χ4n) is 4.80. The summed E-state index contributed by atoms with van der Waals surface area (Å²) in [5.74, 6) is 0.500. The number of hydrogen-bond donors (Lipinski definition) is 2. The first-order chi connectivity index (χ1) is 18.4. The predicted octanol–water partition coefficient (Wildman–Crippen LogP) is 4.60. The molecule has 39 heavy (non-hydrogen) atoms. The lowest BCUT2D eigenvalue weighted by Crippen LogP contribution is -2.50. The molecular weight excluding hydrogens is 510 g/mol. The van der Waals surface area contributed by atoms with Crippen LogP contribution in [0.5, 0.6) is 5.75 Å². The van der Waals surface area contributed by atoms with E-state index < -0.39 is 5.41 Å². The third-order valence-corrected chi connectivity index (χ3v) is 8.42. The molecule has 208 valence electrons. The maximum Gasteiger partial charge on any atom is 0.288 e. The number of nitrogens with one attached hydrogen (secondary N) is 2. The van der Waals surface area contributed by atoms with Crippen molar-refractivity contribution in [3.63, 3.8) is 0 Å². The summed E-state index contributed by atoms with van der Waals surface area (Å²) in [5, 5.41) is 15.7. The molecule has 2 amide bonds. The lowest BCUT2D eigenvalue weighted by atomic mass is 9.86. The van der Waals surface area contributed by atoms with Crippen LogP contribution >= 0.6 is 11.3 Å². The van der Waals surface area contributed by atoms with Crippen LogP contribution in [0.15, 0.2) is 23.7 Å². The van der Waals surface area contributed by atoms with E-state index in [0.29, 0.717) is 19.4 Å². The van der Waals surface area contributed by atoms with Crippen LogP contribution in [0.2, 0.25) is 0 Å². The van der Waals surface area contributed by atoms with Gasteiger partial charge in [0.15, 0.2) is 6.21 Å². The molecule has 2 heterocycles. The number of aromatic nitrogens is 1. The van der Waals surface area contributed by atoms with Crippen LogP contribution in [-0.4, -0.2) is 52.3 Å². The average Bonchev–Trinajstić information content (AvgIpc) is 3.34. The van der Waals surface area contributed by atoms with Crippen LogP contribution in [0.1, 0.15) is 71.6 Å². The summed E-state index contributed by atoms with van der Waals surface area (Å²) in [6.45, 7) is 13.2. The zero-order valence-corrected chi connectivity index (χ0v) is 24.7. The van der Waals surface area contributed by atoms with Crippen molar-refractivity contribution in [2.75, 3.05) is 6.54 Å². The molecule has 1 saturated carbocycles. The van der Waals surface area contributed by atoms with Crippen molar-refractivity contribution in [2.45, 2.75) is 92.0 Å². The Hall–Kier alpha value is -3.25. The Morgan fingerprint density at radius 1 is 1.33 bits per heavy atom. The number of nitrogens with zero attached hydrogens (tertiary/aromatic N) is 3. The lowest BCUT2D eigenvalue weighted by Gasteiger charge is -2.28. The Morgan fingerprint density at radius 2 is 2.08 bits per heavy atom. The highest BCUT2D eigenvalue weighted by molar-refractivity contribution is 7.13. The second-order valence-electron chi connectivity index (χ2n) is 12.0. The van der Waals surface area contributed by atoms with Crippen molar-refractivity contribution in [1.82, 2.24) is 15.6 Å². The average molecular weight is 551 g/mol. The number of benzene rings is 1. The van der Waals surface area contributed by atoms with Gasteiger partial charge in [-0.3, -0.25) is 9.59 Å². The van der Waals surface area contributed by atoms with Gasteiger partial charge in [0, 0.05) is 24.9 Å². The molecule has 2 fully saturated rings. The standard InChI is InChI=1S/C30H39N5O3S/c1-19(2)38-24-14-21(26-20(3)33-18-39-26)9-10-22(24)15-32-27(36)23-8-7-13-35(23)16-25(29(4,5)6)34-28(37)30(17-31)11-12-30/h9-10,14,16,18-19,23,25H,7-8,11-13,15H2,1-6H3,(H-,32,34,36,37)/p+1. The second-order valence-corrected chi connectivity index (χ2v) is 12.9. The van der Waals surface area contributed by atoms with E-state index >= 15 is 0 Å². The third-order valence-electron chi connectivity index (χ3n) is 7.45. The quantitative estimate of drug-likeness (QED) is 0.444. The normalized spacial score (nSPS) is 19.9. The Balaban J connectivity index is 1.48. The van der Waals surface area contributed by atoms with Gasteiger partial charge in [-0.2, -0.15) is 5.26 Å². The van der Waals surface area contributed by atoms with Gasteiger partial charge in [0.1, 0.15) is 23.8 Å². The van der Waals surface area contributed by atoms with Gasteiger partial charge in [0.05, 0.1) is 28.3 Å². The van der Waals surface area contributed by atoms with E-state index in [1.165, 1.54) is 0 Å². The number of hydrogen-bond acceptors (Lipinski definition) is 6. The molecule has 2 atom stereocenters. The van der Waals surface area contributed by atoms with Crippen molar-refractivity contribution in [1.29, 1.82) is 5.26 Å². The van der Waals surface area contributed by atoms with E-state index in [1.807, 2.05) is 44.6 Å². The van der Waals surface area contributed by atoms with Crippen molar-refractivity contribution in [3.05, 3.63) is 35.0 Å². The van der Waals surface area contributed by atoms with E-state index in [9.17, 15) is 14.9 Å². The summed E-state index contributed by atoms with van der Waals surface area (Å²) < 4.78 is 8.18. The minimum atomic E-state index is -0.886. The molecule has 1 aliphatic carbocycles. The Kier molecular flexibility index (Phi) is 8.45. The van der Waals surface area contributed by atoms with Crippen LogP contribution in [-0.2, 0) is 16.1 Å². The molecule has 1 aliphatic heterocycles. The summed E-state index contributed by atoms with van der Waals surface area (Å²) in [6.07, 6.45) is 4.84. The molecule has 8 nitrogen and oxygen atoms in total. The minimum Gasteiger partial charge on any atom is -0.491 e. The minimum absolute atomic E-state index is 0.00228. The van der Waals surface area contributed by atoms with Crippen molar-refractivity contribution < 1.29 is 18.9 Å². The van der Waals surface area contributed by atoms with Gasteiger partial charge in [-0.05, 0) is 50.7 Å². The molecule has 2 N–H and O–H groups in total. The summed E-state index contributed by atoms with van der Waals surface area (Å²) in [4.78, 5) is 31.7. The Morgan fingerprint density at radius 3 is 2.67 bits per heavy atom. The van der Waals surface area contributed by atoms with E-state index in [-0.39, 0.29) is 35.4 Å². The van der Waals surface area contributed by atoms with Gasteiger partial charge >= 0.3 is 0 Å². The van der Waals surface area contributed by atoms with Gasteiger partial charge in [-0.1, -0.05) is 32.9 Å². The van der Waals surface area contributed by atoms with Crippen LogP contribution < -0.4 is 15.4 Å². The monoisotopic (exact) mass is 550 g/mol. The molecular formula is C30H40N5O3S+. The highest BCUT2D eigenvalue weighted by Gasteiger charge is 2.52. The molecule has 0 spiro atoms. The number of carbonyl (C=O) groups excluding carboxylic acids is 2. The van der Waals surface area contributed by atoms with E-state index in [2.05, 4.69) is 53.1 Å². The molecule has 0 radical (unpaired) electrons. The van der Waals surface area contributed by atoms with Crippen LogP contribution in [0, 0.1) is 29.1 Å². The van der Waals surface area contributed by atoms with Gasteiger partial charge in [0.25, 0.3) is 5.91 Å². The molecule has 9 heteroatoms. The van der Waals surface area contributed by atoms with Crippen LogP contribution in [0.4, 0.5) is 0 Å². The highest BCUT2D eigenvalue weighted by atomic mass is 32.1. The maximum atomic E-state index is 13.4. The van der Waals surface area contributed by atoms with Crippen molar-refractivity contribution in [2.24, 2.45) is 10.8 Å². The number of rotatable bonds is 9. The number of thiazole rings is 1. The van der Waals surface area contributed by atoms with Crippen molar-refractivity contribution in [3.8, 4) is 22.3 Å². The summed E-state index contributed by atoms with van der Waals surface area (Å²) in [5.41, 5.74) is 3.64. The molecule has 2 unspecified atom stereocenters. The van der Waals surface area contributed by atoms with E-state index in [0.717, 1.165) is 46.8 Å². The van der Waals surface area contributed by atoms with Gasteiger partial charge in [0.2, 0.25) is 11.9 Å². The third kappa shape index (κ3) is 6.67.